The van der Waals surface area contributed by atoms with Crippen LogP contribution in [0.25, 0.3) is 0 Å². The van der Waals surface area contributed by atoms with Crippen LogP contribution < -0.4 is 15.2 Å². The molecule has 1 saturated heterocycles. The third kappa shape index (κ3) is 4.77. The SMILES string of the molecule is O=C(OCCl)OCOc1c2n(ccc1=O)N([C@@H]1c3ccccc3SCc3c1ccc(F)c3F)[C@@H]1COCCN1C2=O. The predicted molar refractivity (Wildman–Crippen MR) is 143 cm³/mol. The molecule has 1 aromatic heterocycles. The highest BCUT2D eigenvalue weighted by Gasteiger charge is 2.46. The molecule has 1 amide bonds. The number of hydrogen-bond donors (Lipinski definition) is 0. The normalized spacial score (nSPS) is 19.3. The number of thioether (sulfide) groups is 1. The molecule has 0 spiro atoms. The van der Waals surface area contributed by atoms with Crippen molar-refractivity contribution in [2.24, 2.45) is 0 Å². The number of rotatable bonds is 5. The second-order valence-electron chi connectivity index (χ2n) is 9.20. The lowest BCUT2D eigenvalue weighted by Gasteiger charge is -2.51. The van der Waals surface area contributed by atoms with E-state index in [1.165, 1.54) is 28.7 Å². The average molecular weight is 606 g/mol. The predicted octanol–water partition coefficient (Wildman–Crippen LogP) is 3.96. The van der Waals surface area contributed by atoms with Crippen molar-refractivity contribution in [3.05, 3.63) is 92.9 Å². The number of ether oxygens (including phenoxy) is 4. The number of nitrogens with zero attached hydrogens (tertiary/aromatic N) is 3. The van der Waals surface area contributed by atoms with Gasteiger partial charge in [0, 0.05) is 35.0 Å². The number of benzene rings is 2. The maximum Gasteiger partial charge on any atom is 0.512 e. The number of morpholine rings is 1. The Hall–Kier alpha value is -3.81. The number of carbonyl (C=O) groups excluding carboxylic acids is 2. The molecule has 3 aliphatic rings. The van der Waals surface area contributed by atoms with Gasteiger partial charge in [-0.1, -0.05) is 35.9 Å². The molecule has 41 heavy (non-hydrogen) atoms. The molecule has 2 aromatic carbocycles. The first-order valence-corrected chi connectivity index (χ1v) is 14.0. The van der Waals surface area contributed by atoms with Gasteiger partial charge in [0.05, 0.1) is 19.3 Å². The van der Waals surface area contributed by atoms with Crippen LogP contribution in [0.4, 0.5) is 13.6 Å². The van der Waals surface area contributed by atoms with Gasteiger partial charge < -0.3 is 23.8 Å². The molecule has 1 fully saturated rings. The molecule has 14 heteroatoms. The molecular formula is C27H22ClF2N3O7S. The molecule has 0 unspecified atom stereocenters. The van der Waals surface area contributed by atoms with Crippen molar-refractivity contribution < 1.29 is 37.3 Å². The van der Waals surface area contributed by atoms with E-state index in [2.05, 4.69) is 4.74 Å². The Morgan fingerprint density at radius 2 is 1.93 bits per heavy atom. The van der Waals surface area contributed by atoms with Gasteiger partial charge in [0.25, 0.3) is 5.91 Å². The Morgan fingerprint density at radius 3 is 2.76 bits per heavy atom. The number of aromatic nitrogens is 1. The van der Waals surface area contributed by atoms with E-state index < -0.39 is 54.2 Å². The number of hydrogen-bond acceptors (Lipinski definition) is 9. The van der Waals surface area contributed by atoms with Crippen LogP contribution in [0, 0.1) is 11.6 Å². The van der Waals surface area contributed by atoms with Crippen LogP contribution in [0.2, 0.25) is 0 Å². The van der Waals surface area contributed by atoms with Gasteiger partial charge >= 0.3 is 6.16 Å². The zero-order chi connectivity index (χ0) is 28.7. The summed E-state index contributed by atoms with van der Waals surface area (Å²) in [4.78, 5) is 40.8. The summed E-state index contributed by atoms with van der Waals surface area (Å²) in [6, 6.07) is 10.2. The van der Waals surface area contributed by atoms with E-state index >= 15 is 4.39 Å². The summed E-state index contributed by atoms with van der Waals surface area (Å²) in [6.07, 6.45) is -0.363. The van der Waals surface area contributed by atoms with Crippen LogP contribution >= 0.6 is 23.4 Å². The first-order valence-electron chi connectivity index (χ1n) is 12.5. The first kappa shape index (κ1) is 27.4. The number of pyridine rings is 1. The van der Waals surface area contributed by atoms with Gasteiger partial charge in [-0.15, -0.1) is 11.8 Å². The fourth-order valence-corrected chi connectivity index (χ4v) is 6.54. The summed E-state index contributed by atoms with van der Waals surface area (Å²) in [5.74, 6) is -2.58. The summed E-state index contributed by atoms with van der Waals surface area (Å²) >= 11 is 6.74. The Bertz CT molecular complexity index is 1590. The van der Waals surface area contributed by atoms with Crippen LogP contribution in [0.1, 0.15) is 33.2 Å². The van der Waals surface area contributed by atoms with E-state index in [0.29, 0.717) is 5.56 Å². The third-order valence-electron chi connectivity index (χ3n) is 7.09. The summed E-state index contributed by atoms with van der Waals surface area (Å²) in [5.41, 5.74) is 0.739. The number of alkyl halides is 1. The standard InChI is InChI=1S/C27H22ClF2N3O7S/c28-13-38-27(36)40-14-39-25-19(34)7-8-32-24(25)26(35)31-9-10-37-11-21(31)33(32)23-15-5-6-18(29)22(30)17(15)12-41-20-4-2-1-3-16(20)23/h1-8,21,23H,9-14H2/t21-,23+/m1/s1. The molecule has 10 nitrogen and oxygen atoms in total. The van der Waals surface area contributed by atoms with Gasteiger partial charge in [0.2, 0.25) is 18.0 Å². The Kier molecular flexibility index (Phi) is 7.49. The van der Waals surface area contributed by atoms with E-state index in [0.717, 1.165) is 16.5 Å². The smallest absolute Gasteiger partial charge is 0.451 e. The summed E-state index contributed by atoms with van der Waals surface area (Å²) in [7, 11) is 0. The minimum absolute atomic E-state index is 0.117. The lowest BCUT2D eigenvalue weighted by atomic mass is 9.93. The zero-order valence-corrected chi connectivity index (χ0v) is 22.8. The van der Waals surface area contributed by atoms with Gasteiger partial charge in [0.1, 0.15) is 6.17 Å². The number of halogens is 3. The number of carbonyl (C=O) groups is 2. The molecule has 214 valence electrons. The van der Waals surface area contributed by atoms with Crippen molar-refractivity contribution >= 4 is 35.4 Å². The van der Waals surface area contributed by atoms with Crippen molar-refractivity contribution in [3.63, 3.8) is 0 Å². The van der Waals surface area contributed by atoms with E-state index in [9.17, 15) is 18.8 Å². The molecule has 6 rings (SSSR count). The molecule has 3 aromatic rings. The van der Waals surface area contributed by atoms with Crippen LogP contribution in [0.5, 0.6) is 5.75 Å². The van der Waals surface area contributed by atoms with Crippen LogP contribution in [-0.2, 0) is 20.0 Å². The van der Waals surface area contributed by atoms with Gasteiger partial charge in [-0.25, -0.2) is 13.6 Å². The molecular weight excluding hydrogens is 584 g/mol. The highest BCUT2D eigenvalue weighted by atomic mass is 35.5. The highest BCUT2D eigenvalue weighted by molar-refractivity contribution is 7.98. The van der Waals surface area contributed by atoms with E-state index in [-0.39, 0.29) is 42.5 Å². The number of amides is 1. The topological polar surface area (TPSA) is 99.5 Å². The summed E-state index contributed by atoms with van der Waals surface area (Å²) in [6.45, 7) is -0.150. The monoisotopic (exact) mass is 605 g/mol. The van der Waals surface area contributed by atoms with Crippen molar-refractivity contribution in [1.29, 1.82) is 0 Å². The highest BCUT2D eigenvalue weighted by Crippen LogP contribution is 2.45. The van der Waals surface area contributed by atoms with E-state index in [1.54, 1.807) is 11.0 Å². The van der Waals surface area contributed by atoms with Crippen LogP contribution in [0.3, 0.4) is 0 Å². The second-order valence-corrected chi connectivity index (χ2v) is 10.4. The van der Waals surface area contributed by atoms with E-state index in [1.807, 2.05) is 29.3 Å². The van der Waals surface area contributed by atoms with Gasteiger partial charge in [-0.2, -0.15) is 0 Å². The summed E-state index contributed by atoms with van der Waals surface area (Å²) in [5, 5.41) is 1.81. The maximum atomic E-state index is 15.3. The fourth-order valence-electron chi connectivity index (χ4n) is 5.33. The molecule has 0 aliphatic carbocycles. The molecule has 0 saturated carbocycles. The molecule has 0 radical (unpaired) electrons. The van der Waals surface area contributed by atoms with Crippen LogP contribution in [0.15, 0.2) is 58.4 Å². The Morgan fingerprint density at radius 1 is 1.10 bits per heavy atom. The largest absolute Gasteiger partial charge is 0.512 e. The van der Waals surface area contributed by atoms with Crippen LogP contribution in [-0.4, -0.2) is 60.4 Å². The lowest BCUT2D eigenvalue weighted by molar-refractivity contribution is -0.0210. The zero-order valence-electron chi connectivity index (χ0n) is 21.3. The van der Waals surface area contributed by atoms with Crippen molar-refractivity contribution in [3.8, 4) is 5.75 Å². The van der Waals surface area contributed by atoms with Gasteiger partial charge in [-0.3, -0.25) is 19.3 Å². The van der Waals surface area contributed by atoms with Crippen molar-refractivity contribution in [2.75, 3.05) is 37.6 Å². The molecule has 0 bridgehead atoms. The lowest BCUT2D eigenvalue weighted by Crippen LogP contribution is -2.66. The van der Waals surface area contributed by atoms with E-state index in [4.69, 9.17) is 25.8 Å². The number of fused-ring (bicyclic) bond motifs is 4. The average Bonchev–Trinajstić information content (AvgIpc) is 3.14. The molecule has 4 heterocycles. The quantitative estimate of drug-likeness (QED) is 0.243. The Balaban J connectivity index is 1.54. The molecule has 3 aliphatic heterocycles. The second kappa shape index (κ2) is 11.2. The molecule has 2 atom stereocenters. The van der Waals surface area contributed by atoms with Gasteiger partial charge in [-0.05, 0) is 23.3 Å². The molecule has 0 N–H and O–H groups in total. The minimum atomic E-state index is -1.12. The maximum absolute atomic E-state index is 15.3. The fraction of sp³-hybridized carbons (Fsp3) is 0.296. The first-order chi connectivity index (χ1) is 19.9. The van der Waals surface area contributed by atoms with Crippen molar-refractivity contribution in [2.45, 2.75) is 22.9 Å². The minimum Gasteiger partial charge on any atom is -0.451 e. The van der Waals surface area contributed by atoms with Gasteiger partial charge in [0.15, 0.2) is 23.4 Å². The summed E-state index contributed by atoms with van der Waals surface area (Å²) < 4.78 is 51.8. The third-order valence-corrected chi connectivity index (χ3v) is 8.31. The Labute approximate surface area is 241 Å². The van der Waals surface area contributed by atoms with Crippen molar-refractivity contribution in [1.82, 2.24) is 9.58 Å².